The topological polar surface area (TPSA) is 84.5 Å². The van der Waals surface area contributed by atoms with Crippen LogP contribution in [0.1, 0.15) is 30.6 Å². The molecule has 0 saturated carbocycles. The second-order valence-corrected chi connectivity index (χ2v) is 7.40. The number of carbonyl (C=O) groups excluding carboxylic acids is 1. The summed E-state index contributed by atoms with van der Waals surface area (Å²) in [5.41, 5.74) is 0.279. The molecular formula is C17H24N2O4S. The number of benzene rings is 1. The number of sulfonamides is 1. The molecule has 0 aliphatic carbocycles. The average molecular weight is 352 g/mol. The van der Waals surface area contributed by atoms with Crippen molar-refractivity contribution in [3.8, 4) is 12.3 Å². The Morgan fingerprint density at radius 3 is 2.79 bits per heavy atom. The normalized spacial score (nSPS) is 11.2. The lowest BCUT2D eigenvalue weighted by atomic mass is 10.2. The van der Waals surface area contributed by atoms with Crippen LogP contribution in [-0.2, 0) is 14.8 Å². The second kappa shape index (κ2) is 10.1. The van der Waals surface area contributed by atoms with Gasteiger partial charge < -0.3 is 10.1 Å². The minimum atomic E-state index is -3.71. The Morgan fingerprint density at radius 1 is 1.38 bits per heavy atom. The molecule has 0 radical (unpaired) electrons. The lowest BCUT2D eigenvalue weighted by molar-refractivity contribution is 0.0925. The van der Waals surface area contributed by atoms with Gasteiger partial charge in [0.1, 0.15) is 0 Å². The number of carbonyl (C=O) groups is 1. The van der Waals surface area contributed by atoms with E-state index in [4.69, 9.17) is 11.2 Å². The molecule has 0 bridgehead atoms. The molecule has 0 fully saturated rings. The summed E-state index contributed by atoms with van der Waals surface area (Å²) in [5, 5.41) is 2.74. The number of amides is 1. The van der Waals surface area contributed by atoms with E-state index in [1.54, 1.807) is 6.07 Å². The number of nitrogens with one attached hydrogen (secondary N) is 2. The quantitative estimate of drug-likeness (QED) is 0.492. The number of hydrogen-bond donors (Lipinski definition) is 2. The predicted molar refractivity (Wildman–Crippen MR) is 93.1 cm³/mol. The number of rotatable bonds is 10. The third kappa shape index (κ3) is 7.13. The zero-order valence-corrected chi connectivity index (χ0v) is 14.9. The highest BCUT2D eigenvalue weighted by Crippen LogP contribution is 2.11. The van der Waals surface area contributed by atoms with E-state index in [1.807, 2.05) is 0 Å². The van der Waals surface area contributed by atoms with E-state index in [0.29, 0.717) is 32.1 Å². The van der Waals surface area contributed by atoms with E-state index in [9.17, 15) is 13.2 Å². The van der Waals surface area contributed by atoms with Crippen LogP contribution in [0.5, 0.6) is 0 Å². The molecule has 0 aliphatic heterocycles. The summed E-state index contributed by atoms with van der Waals surface area (Å²) in [6.07, 6.45) is 5.74. The van der Waals surface area contributed by atoms with Crippen LogP contribution in [0.25, 0.3) is 0 Å². The molecule has 1 amide bonds. The molecule has 1 rings (SSSR count). The van der Waals surface area contributed by atoms with Crippen molar-refractivity contribution in [3.63, 3.8) is 0 Å². The molecule has 0 atom stereocenters. The minimum Gasteiger partial charge on any atom is -0.381 e. The van der Waals surface area contributed by atoms with E-state index >= 15 is 0 Å². The SMILES string of the molecule is C#CCNS(=O)(=O)c1cccc(C(=O)NCCCOCC(C)C)c1. The average Bonchev–Trinajstić information content (AvgIpc) is 2.55. The molecule has 7 heteroatoms. The Balaban J connectivity index is 2.54. The van der Waals surface area contributed by atoms with Crippen LogP contribution in [0.3, 0.4) is 0 Å². The molecular weight excluding hydrogens is 328 g/mol. The van der Waals surface area contributed by atoms with E-state index in [-0.39, 0.29) is 22.9 Å². The van der Waals surface area contributed by atoms with Crippen molar-refractivity contribution in [2.75, 3.05) is 26.3 Å². The first-order chi connectivity index (χ1) is 11.4. The third-order valence-corrected chi connectivity index (χ3v) is 4.37. The van der Waals surface area contributed by atoms with Gasteiger partial charge in [0.25, 0.3) is 5.91 Å². The summed E-state index contributed by atoms with van der Waals surface area (Å²) < 4.78 is 31.7. The van der Waals surface area contributed by atoms with Crippen molar-refractivity contribution in [3.05, 3.63) is 29.8 Å². The zero-order valence-electron chi connectivity index (χ0n) is 14.0. The molecule has 0 saturated heterocycles. The number of hydrogen-bond acceptors (Lipinski definition) is 4. The smallest absolute Gasteiger partial charge is 0.251 e. The summed E-state index contributed by atoms with van der Waals surface area (Å²) in [5.74, 6) is 2.35. The highest BCUT2D eigenvalue weighted by atomic mass is 32.2. The van der Waals surface area contributed by atoms with Gasteiger partial charge in [-0.2, -0.15) is 4.72 Å². The first-order valence-electron chi connectivity index (χ1n) is 7.76. The fraction of sp³-hybridized carbons (Fsp3) is 0.471. The molecule has 0 spiro atoms. The van der Waals surface area contributed by atoms with Gasteiger partial charge in [0, 0.05) is 25.3 Å². The van der Waals surface area contributed by atoms with Gasteiger partial charge in [-0.1, -0.05) is 25.8 Å². The molecule has 24 heavy (non-hydrogen) atoms. The first kappa shape index (κ1) is 20.2. The predicted octanol–water partition coefficient (Wildman–Crippen LogP) is 1.39. The Hall–Kier alpha value is -1.88. The molecule has 2 N–H and O–H groups in total. The molecule has 6 nitrogen and oxygen atoms in total. The Kier molecular flexibility index (Phi) is 8.47. The number of terminal acetylenes is 1. The van der Waals surface area contributed by atoms with Crippen LogP contribution in [0, 0.1) is 18.3 Å². The van der Waals surface area contributed by atoms with Gasteiger partial charge in [0.2, 0.25) is 10.0 Å². The molecule has 0 heterocycles. The fourth-order valence-electron chi connectivity index (χ4n) is 1.82. The summed E-state index contributed by atoms with van der Waals surface area (Å²) in [4.78, 5) is 12.1. The third-order valence-electron chi connectivity index (χ3n) is 2.97. The van der Waals surface area contributed by atoms with Crippen molar-refractivity contribution in [2.45, 2.75) is 25.2 Å². The molecule has 1 aromatic carbocycles. The van der Waals surface area contributed by atoms with Gasteiger partial charge in [-0.15, -0.1) is 6.42 Å². The summed E-state index contributed by atoms with van der Waals surface area (Å²) >= 11 is 0. The molecule has 0 unspecified atom stereocenters. The fourth-order valence-corrected chi connectivity index (χ4v) is 2.80. The van der Waals surface area contributed by atoms with Gasteiger partial charge in [-0.05, 0) is 30.5 Å². The van der Waals surface area contributed by atoms with Gasteiger partial charge in [-0.25, -0.2) is 8.42 Å². The lowest BCUT2D eigenvalue weighted by Gasteiger charge is -2.09. The van der Waals surface area contributed by atoms with Crippen molar-refractivity contribution in [1.29, 1.82) is 0 Å². The van der Waals surface area contributed by atoms with Gasteiger partial charge >= 0.3 is 0 Å². The summed E-state index contributed by atoms with van der Waals surface area (Å²) in [7, 11) is -3.71. The Bertz CT molecular complexity index is 678. The van der Waals surface area contributed by atoms with E-state index in [1.165, 1.54) is 18.2 Å². The minimum absolute atomic E-state index is 0.00525. The first-order valence-corrected chi connectivity index (χ1v) is 9.24. The molecule has 0 aromatic heterocycles. The van der Waals surface area contributed by atoms with Gasteiger partial charge in [0.05, 0.1) is 11.4 Å². The molecule has 0 aliphatic rings. The van der Waals surface area contributed by atoms with Crippen molar-refractivity contribution in [1.82, 2.24) is 10.0 Å². The van der Waals surface area contributed by atoms with Crippen LogP contribution in [0.4, 0.5) is 0 Å². The maximum atomic E-state index is 12.1. The highest BCUT2D eigenvalue weighted by molar-refractivity contribution is 7.89. The largest absolute Gasteiger partial charge is 0.381 e. The van der Waals surface area contributed by atoms with E-state index < -0.39 is 10.0 Å². The standard InChI is InChI=1S/C17H24N2O4S/c1-4-9-19-24(21,22)16-8-5-7-15(12-16)17(20)18-10-6-11-23-13-14(2)3/h1,5,7-8,12,14,19H,6,9-11,13H2,2-3H3,(H,18,20). The number of ether oxygens (including phenoxy) is 1. The van der Waals surface area contributed by atoms with Crippen LogP contribution < -0.4 is 10.0 Å². The maximum Gasteiger partial charge on any atom is 0.251 e. The zero-order chi connectivity index (χ0) is 18.0. The molecule has 132 valence electrons. The van der Waals surface area contributed by atoms with Crippen LogP contribution in [0.15, 0.2) is 29.2 Å². The summed E-state index contributed by atoms with van der Waals surface area (Å²) in [6, 6.07) is 5.81. The lowest BCUT2D eigenvalue weighted by Crippen LogP contribution is -2.27. The molecule has 1 aromatic rings. The van der Waals surface area contributed by atoms with E-state index in [0.717, 1.165) is 0 Å². The monoisotopic (exact) mass is 352 g/mol. The van der Waals surface area contributed by atoms with E-state index in [2.05, 4.69) is 29.8 Å². The second-order valence-electron chi connectivity index (χ2n) is 5.63. The Morgan fingerprint density at radius 2 is 2.12 bits per heavy atom. The van der Waals surface area contributed by atoms with Crippen LogP contribution >= 0.6 is 0 Å². The van der Waals surface area contributed by atoms with Gasteiger partial charge in [-0.3, -0.25) is 4.79 Å². The van der Waals surface area contributed by atoms with Crippen molar-refractivity contribution in [2.24, 2.45) is 5.92 Å². The Labute approximate surface area is 144 Å². The van der Waals surface area contributed by atoms with Gasteiger partial charge in [0.15, 0.2) is 0 Å². The van der Waals surface area contributed by atoms with Crippen LogP contribution in [0.2, 0.25) is 0 Å². The maximum absolute atomic E-state index is 12.1. The van der Waals surface area contributed by atoms with Crippen molar-refractivity contribution < 1.29 is 17.9 Å². The highest BCUT2D eigenvalue weighted by Gasteiger charge is 2.15. The van der Waals surface area contributed by atoms with Crippen molar-refractivity contribution >= 4 is 15.9 Å². The van der Waals surface area contributed by atoms with Crippen LogP contribution in [-0.4, -0.2) is 40.6 Å². The summed E-state index contributed by atoms with van der Waals surface area (Å²) in [6.45, 7) is 5.77.